The second-order valence-electron chi connectivity index (χ2n) is 14.5. The molecule has 8 aromatic rings. The molecule has 234 valence electrons. The minimum absolute atomic E-state index is 0.113. The standard InChI is InChI=1S/C48H37N/c1-30-8-6-10-32-9-4-5-13-45(32)49(30)38-22-16-31(17-23-38)36-20-25-40-41-26-21-37(29-44(41)48(2,3)43(40)28-36)39-24-18-35-15-14-33-11-7-12-34-19-27-42(39)47(35)46(33)34/h4-5,7-9,11-29H,6,10H2,1-3H3. The monoisotopic (exact) mass is 627 g/mol. The third kappa shape index (κ3) is 4.18. The highest BCUT2D eigenvalue weighted by atomic mass is 15.1. The molecule has 0 bridgehead atoms. The maximum Gasteiger partial charge on any atom is 0.0490 e. The van der Waals surface area contributed by atoms with Gasteiger partial charge in [0.15, 0.2) is 0 Å². The molecule has 1 heterocycles. The first-order chi connectivity index (χ1) is 24.0. The van der Waals surface area contributed by atoms with Gasteiger partial charge >= 0.3 is 0 Å². The molecule has 2 aliphatic rings. The van der Waals surface area contributed by atoms with E-state index in [0.717, 1.165) is 12.8 Å². The molecule has 0 atom stereocenters. The van der Waals surface area contributed by atoms with Crippen molar-refractivity contribution >= 4 is 43.7 Å². The molecule has 1 heteroatoms. The number of para-hydroxylation sites is 1. The Morgan fingerprint density at radius 1 is 0.531 bits per heavy atom. The van der Waals surface area contributed by atoms with Crippen molar-refractivity contribution in [2.45, 2.75) is 39.0 Å². The molecule has 0 aromatic heterocycles. The molecule has 0 N–H and O–H groups in total. The van der Waals surface area contributed by atoms with Gasteiger partial charge in [-0.1, -0.05) is 129 Å². The fraction of sp³-hybridized carbons (Fsp3) is 0.125. The second-order valence-corrected chi connectivity index (χ2v) is 14.5. The molecule has 1 aliphatic carbocycles. The Morgan fingerprint density at radius 3 is 1.92 bits per heavy atom. The van der Waals surface area contributed by atoms with Crippen LogP contribution in [0.4, 0.5) is 11.4 Å². The molecule has 0 fully saturated rings. The van der Waals surface area contributed by atoms with Crippen molar-refractivity contribution < 1.29 is 0 Å². The van der Waals surface area contributed by atoms with E-state index in [1.54, 1.807) is 0 Å². The van der Waals surface area contributed by atoms with Crippen molar-refractivity contribution in [3.63, 3.8) is 0 Å². The first-order valence-corrected chi connectivity index (χ1v) is 17.6. The van der Waals surface area contributed by atoms with Gasteiger partial charge in [-0.05, 0) is 132 Å². The summed E-state index contributed by atoms with van der Waals surface area (Å²) in [5, 5.41) is 8.00. The highest BCUT2D eigenvalue weighted by molar-refractivity contribution is 6.25. The highest BCUT2D eigenvalue weighted by Gasteiger charge is 2.36. The predicted octanol–water partition coefficient (Wildman–Crippen LogP) is 13.2. The van der Waals surface area contributed by atoms with Crippen molar-refractivity contribution in [1.29, 1.82) is 0 Å². The summed E-state index contributed by atoms with van der Waals surface area (Å²) >= 11 is 0. The average molecular weight is 628 g/mol. The number of hydrogen-bond donors (Lipinski definition) is 0. The Kier molecular flexibility index (Phi) is 6.03. The zero-order valence-corrected chi connectivity index (χ0v) is 28.2. The molecule has 1 aliphatic heterocycles. The van der Waals surface area contributed by atoms with Crippen molar-refractivity contribution in [3.8, 4) is 33.4 Å². The van der Waals surface area contributed by atoms with E-state index in [-0.39, 0.29) is 5.41 Å². The normalized spacial score (nSPS) is 14.9. The van der Waals surface area contributed by atoms with Gasteiger partial charge in [0, 0.05) is 22.5 Å². The number of fused-ring (bicyclic) bond motifs is 4. The molecule has 49 heavy (non-hydrogen) atoms. The van der Waals surface area contributed by atoms with Crippen LogP contribution in [-0.2, 0) is 11.8 Å². The minimum atomic E-state index is -0.113. The summed E-state index contributed by atoms with van der Waals surface area (Å²) < 4.78 is 0. The number of hydrogen-bond acceptors (Lipinski definition) is 1. The van der Waals surface area contributed by atoms with Gasteiger partial charge in [-0.15, -0.1) is 0 Å². The van der Waals surface area contributed by atoms with Gasteiger partial charge < -0.3 is 4.90 Å². The molecule has 10 rings (SSSR count). The molecule has 1 nitrogen and oxygen atoms in total. The summed E-state index contributed by atoms with van der Waals surface area (Å²) in [6, 6.07) is 52.6. The summed E-state index contributed by atoms with van der Waals surface area (Å²) in [4.78, 5) is 2.41. The second kappa shape index (κ2) is 10.4. The fourth-order valence-corrected chi connectivity index (χ4v) is 8.88. The number of aryl methyl sites for hydroxylation is 1. The van der Waals surface area contributed by atoms with Crippen molar-refractivity contribution in [1.82, 2.24) is 0 Å². The highest BCUT2D eigenvalue weighted by Crippen LogP contribution is 2.51. The number of rotatable bonds is 3. The summed E-state index contributed by atoms with van der Waals surface area (Å²) in [6.07, 6.45) is 4.52. The van der Waals surface area contributed by atoms with Crippen LogP contribution >= 0.6 is 0 Å². The molecule has 0 unspecified atom stereocenters. The Bertz CT molecular complexity index is 2620. The van der Waals surface area contributed by atoms with Crippen LogP contribution in [0.2, 0.25) is 0 Å². The van der Waals surface area contributed by atoms with Crippen LogP contribution in [0.1, 0.15) is 43.9 Å². The Labute approximate surface area is 288 Å². The summed E-state index contributed by atoms with van der Waals surface area (Å²) in [6.45, 7) is 7.01. The zero-order valence-electron chi connectivity index (χ0n) is 28.2. The van der Waals surface area contributed by atoms with Gasteiger partial charge in [-0.2, -0.15) is 0 Å². The van der Waals surface area contributed by atoms with E-state index in [9.17, 15) is 0 Å². The lowest BCUT2D eigenvalue weighted by Crippen LogP contribution is -2.15. The molecular formula is C48H37N. The smallest absolute Gasteiger partial charge is 0.0490 e. The number of benzene rings is 8. The molecule has 0 radical (unpaired) electrons. The van der Waals surface area contributed by atoms with Crippen LogP contribution in [-0.4, -0.2) is 0 Å². The van der Waals surface area contributed by atoms with Crippen LogP contribution in [0, 0.1) is 0 Å². The maximum absolute atomic E-state index is 2.46. The van der Waals surface area contributed by atoms with Gasteiger partial charge in [-0.25, -0.2) is 0 Å². The maximum atomic E-state index is 2.46. The SMILES string of the molecule is CC1=CCCc2ccccc2N1c1ccc(-c2ccc3c(c2)C(C)(C)c2cc(-c4ccc5ccc6cccc7ccc4c5c67)ccc2-3)cc1. The summed E-state index contributed by atoms with van der Waals surface area (Å²) in [7, 11) is 0. The summed E-state index contributed by atoms with van der Waals surface area (Å²) in [5.74, 6) is 0. The Morgan fingerprint density at radius 2 is 1.14 bits per heavy atom. The first kappa shape index (κ1) is 28.4. The van der Waals surface area contributed by atoms with Gasteiger partial charge in [0.2, 0.25) is 0 Å². The lowest BCUT2D eigenvalue weighted by molar-refractivity contribution is 0.661. The van der Waals surface area contributed by atoms with Gasteiger partial charge in [0.25, 0.3) is 0 Å². The van der Waals surface area contributed by atoms with Crippen LogP contribution in [0.5, 0.6) is 0 Å². The Balaban J connectivity index is 1.02. The summed E-state index contributed by atoms with van der Waals surface area (Å²) in [5.41, 5.74) is 15.7. The zero-order chi connectivity index (χ0) is 32.9. The third-order valence-corrected chi connectivity index (χ3v) is 11.4. The minimum Gasteiger partial charge on any atom is -0.315 e. The quantitative estimate of drug-likeness (QED) is 0.176. The predicted molar refractivity (Wildman–Crippen MR) is 209 cm³/mol. The molecular weight excluding hydrogens is 591 g/mol. The van der Waals surface area contributed by atoms with E-state index in [2.05, 4.69) is 171 Å². The van der Waals surface area contributed by atoms with Gasteiger partial charge in [-0.3, -0.25) is 0 Å². The number of allylic oxidation sites excluding steroid dienone is 2. The van der Waals surface area contributed by atoms with Gasteiger partial charge in [0.05, 0.1) is 0 Å². The number of nitrogens with zero attached hydrogens (tertiary/aromatic N) is 1. The molecule has 0 saturated carbocycles. The lowest BCUT2D eigenvalue weighted by Gasteiger charge is -2.27. The first-order valence-electron chi connectivity index (χ1n) is 17.6. The van der Waals surface area contributed by atoms with E-state index < -0.39 is 0 Å². The molecule has 0 saturated heterocycles. The van der Waals surface area contributed by atoms with E-state index in [0.29, 0.717) is 0 Å². The van der Waals surface area contributed by atoms with Crippen LogP contribution < -0.4 is 4.90 Å². The molecule has 0 spiro atoms. The number of anilines is 2. The fourth-order valence-electron chi connectivity index (χ4n) is 8.88. The van der Waals surface area contributed by atoms with Crippen molar-refractivity contribution in [2.24, 2.45) is 0 Å². The van der Waals surface area contributed by atoms with E-state index in [1.807, 2.05) is 0 Å². The molecule has 8 aromatic carbocycles. The van der Waals surface area contributed by atoms with Crippen LogP contribution in [0.3, 0.4) is 0 Å². The van der Waals surface area contributed by atoms with Gasteiger partial charge in [0.1, 0.15) is 0 Å². The third-order valence-electron chi connectivity index (χ3n) is 11.4. The van der Waals surface area contributed by atoms with Crippen LogP contribution in [0.15, 0.2) is 151 Å². The largest absolute Gasteiger partial charge is 0.315 e. The lowest BCUT2D eigenvalue weighted by atomic mass is 9.80. The van der Waals surface area contributed by atoms with E-state index in [1.165, 1.54) is 99.5 Å². The average Bonchev–Trinajstić information content (AvgIpc) is 3.24. The van der Waals surface area contributed by atoms with E-state index in [4.69, 9.17) is 0 Å². The van der Waals surface area contributed by atoms with Crippen molar-refractivity contribution in [3.05, 3.63) is 168 Å². The van der Waals surface area contributed by atoms with E-state index >= 15 is 0 Å². The molecule has 0 amide bonds. The van der Waals surface area contributed by atoms with Crippen LogP contribution in [0.25, 0.3) is 65.7 Å². The topological polar surface area (TPSA) is 3.24 Å². The van der Waals surface area contributed by atoms with Crippen molar-refractivity contribution in [2.75, 3.05) is 4.90 Å². The Hall–Kier alpha value is -5.66.